The molecule has 6 heteroatoms. The second kappa shape index (κ2) is 8.12. The van der Waals surface area contributed by atoms with E-state index in [9.17, 15) is 5.11 Å². The fraction of sp³-hybridized carbons (Fsp3) is 0.684. The van der Waals surface area contributed by atoms with Gasteiger partial charge in [-0.2, -0.15) is 0 Å². The van der Waals surface area contributed by atoms with Crippen LogP contribution in [-0.4, -0.2) is 56.6 Å². The van der Waals surface area contributed by atoms with E-state index in [0.29, 0.717) is 23.3 Å². The highest BCUT2D eigenvalue weighted by Crippen LogP contribution is 2.43. The van der Waals surface area contributed by atoms with Crippen molar-refractivity contribution in [2.24, 2.45) is 11.3 Å². The minimum atomic E-state index is -0.0364. The van der Waals surface area contributed by atoms with Gasteiger partial charge in [0.1, 0.15) is 0 Å². The number of hydrogen-bond donors (Lipinski definition) is 1. The first kappa shape index (κ1) is 18.8. The monoisotopic (exact) mass is 369 g/mol. The van der Waals surface area contributed by atoms with Crippen LogP contribution in [0, 0.1) is 11.3 Å². The maximum atomic E-state index is 9.98. The van der Waals surface area contributed by atoms with E-state index in [1.54, 1.807) is 13.2 Å². The number of likely N-dealkylation sites (tertiary alicyclic amines) is 1. The summed E-state index contributed by atoms with van der Waals surface area (Å²) >= 11 is 6.28. The van der Waals surface area contributed by atoms with Crippen LogP contribution in [0.15, 0.2) is 12.1 Å². The quantitative estimate of drug-likeness (QED) is 0.800. The van der Waals surface area contributed by atoms with Crippen molar-refractivity contribution in [2.75, 3.05) is 46.6 Å². The molecule has 0 aromatic heterocycles. The van der Waals surface area contributed by atoms with Gasteiger partial charge in [-0.3, -0.25) is 4.90 Å². The molecule has 2 aliphatic heterocycles. The maximum absolute atomic E-state index is 9.98. The molecule has 1 aromatic carbocycles. The van der Waals surface area contributed by atoms with E-state index >= 15 is 0 Å². The van der Waals surface area contributed by atoms with Crippen molar-refractivity contribution in [3.8, 4) is 11.5 Å². The molecule has 2 fully saturated rings. The van der Waals surface area contributed by atoms with Gasteiger partial charge in [0.15, 0.2) is 11.5 Å². The van der Waals surface area contributed by atoms with Crippen LogP contribution in [0.3, 0.4) is 0 Å². The molecular weight excluding hydrogens is 342 g/mol. The van der Waals surface area contributed by atoms with E-state index in [4.69, 9.17) is 25.8 Å². The Morgan fingerprint density at radius 3 is 2.96 bits per heavy atom. The Morgan fingerprint density at radius 1 is 1.44 bits per heavy atom. The third-order valence-corrected chi connectivity index (χ3v) is 5.64. The predicted octanol–water partition coefficient (Wildman–Crippen LogP) is 2.97. The average Bonchev–Trinajstić information content (AvgIpc) is 2.98. The summed E-state index contributed by atoms with van der Waals surface area (Å²) in [6, 6.07) is 3.75. The van der Waals surface area contributed by atoms with Gasteiger partial charge in [-0.25, -0.2) is 0 Å². The van der Waals surface area contributed by atoms with Gasteiger partial charge in [-0.05, 0) is 18.9 Å². The molecule has 0 aliphatic carbocycles. The molecule has 0 unspecified atom stereocenters. The number of rotatable bonds is 7. The number of halogens is 1. The summed E-state index contributed by atoms with van der Waals surface area (Å²) in [5.41, 5.74) is 0.996. The second-order valence-electron chi connectivity index (χ2n) is 7.16. The lowest BCUT2D eigenvalue weighted by atomic mass is 9.75. The normalized spacial score (nSPS) is 26.5. The van der Waals surface area contributed by atoms with Gasteiger partial charge < -0.3 is 19.3 Å². The molecule has 0 radical (unpaired) electrons. The number of methoxy groups -OCH3 is 1. The first-order valence-electron chi connectivity index (χ1n) is 9.02. The molecule has 2 atom stereocenters. The highest BCUT2D eigenvalue weighted by molar-refractivity contribution is 6.30. The molecule has 140 valence electrons. The van der Waals surface area contributed by atoms with Crippen LogP contribution in [-0.2, 0) is 11.3 Å². The molecule has 1 N–H and O–H groups in total. The molecule has 25 heavy (non-hydrogen) atoms. The van der Waals surface area contributed by atoms with Crippen molar-refractivity contribution in [3.63, 3.8) is 0 Å². The van der Waals surface area contributed by atoms with Crippen molar-refractivity contribution in [2.45, 2.75) is 26.3 Å². The lowest BCUT2D eigenvalue weighted by molar-refractivity contribution is -0.0417. The molecule has 2 heterocycles. The molecule has 0 amide bonds. The maximum Gasteiger partial charge on any atom is 0.165 e. The summed E-state index contributed by atoms with van der Waals surface area (Å²) in [7, 11) is 1.64. The van der Waals surface area contributed by atoms with Gasteiger partial charge in [0.25, 0.3) is 0 Å². The minimum absolute atomic E-state index is 0.0364. The fourth-order valence-electron chi connectivity index (χ4n) is 4.04. The zero-order valence-electron chi connectivity index (χ0n) is 15.1. The van der Waals surface area contributed by atoms with Crippen molar-refractivity contribution < 1.29 is 19.3 Å². The van der Waals surface area contributed by atoms with E-state index in [-0.39, 0.29) is 12.0 Å². The summed E-state index contributed by atoms with van der Waals surface area (Å²) in [5.74, 6) is 1.83. The molecule has 0 saturated carbocycles. The Labute approximate surface area is 154 Å². The van der Waals surface area contributed by atoms with Gasteiger partial charge in [-0.15, -0.1) is 0 Å². The number of benzene rings is 1. The van der Waals surface area contributed by atoms with E-state index in [1.165, 1.54) is 0 Å². The van der Waals surface area contributed by atoms with Crippen molar-refractivity contribution in [1.82, 2.24) is 4.90 Å². The van der Waals surface area contributed by atoms with Crippen molar-refractivity contribution >= 4 is 11.6 Å². The molecule has 1 aromatic rings. The summed E-state index contributed by atoms with van der Waals surface area (Å²) in [5, 5.41) is 10.6. The standard InChI is InChI=1S/C19H28ClNO4/c1-3-5-25-18-14(7-16(20)8-17(18)23-2)9-21-10-15-11-24-6-4-19(15,12-21)13-22/h7-8,15,22H,3-6,9-13H2,1-2H3/t15-,19-/m1/s1. The fourth-order valence-corrected chi connectivity index (χ4v) is 4.27. The van der Waals surface area contributed by atoms with Crippen LogP contribution in [0.4, 0.5) is 0 Å². The highest BCUT2D eigenvalue weighted by atomic mass is 35.5. The molecule has 5 nitrogen and oxygen atoms in total. The SMILES string of the molecule is CCCOc1c(CN2C[C@@H]3COCC[C@]3(CO)C2)cc(Cl)cc1OC. The molecular formula is C19H28ClNO4. The zero-order chi connectivity index (χ0) is 17.9. The second-order valence-corrected chi connectivity index (χ2v) is 7.59. The van der Waals surface area contributed by atoms with Crippen LogP contribution in [0.1, 0.15) is 25.3 Å². The smallest absolute Gasteiger partial charge is 0.165 e. The van der Waals surface area contributed by atoms with Crippen molar-refractivity contribution in [1.29, 1.82) is 0 Å². The topological polar surface area (TPSA) is 51.2 Å². The van der Waals surface area contributed by atoms with Crippen LogP contribution in [0.2, 0.25) is 5.02 Å². The third kappa shape index (κ3) is 3.90. The van der Waals surface area contributed by atoms with Gasteiger partial charge in [0.05, 0.1) is 26.9 Å². The Balaban J connectivity index is 1.81. The lowest BCUT2D eigenvalue weighted by Crippen LogP contribution is -2.41. The highest BCUT2D eigenvalue weighted by Gasteiger charge is 2.47. The zero-order valence-corrected chi connectivity index (χ0v) is 15.8. The first-order chi connectivity index (χ1) is 12.1. The summed E-state index contributed by atoms with van der Waals surface area (Å²) in [6.07, 6.45) is 1.85. The number of aliphatic hydroxyl groups excluding tert-OH is 1. The first-order valence-corrected chi connectivity index (χ1v) is 9.40. The van der Waals surface area contributed by atoms with Gasteiger partial charge in [-0.1, -0.05) is 18.5 Å². The lowest BCUT2D eigenvalue weighted by Gasteiger charge is -2.36. The largest absolute Gasteiger partial charge is 0.493 e. The van der Waals surface area contributed by atoms with Gasteiger partial charge >= 0.3 is 0 Å². The Bertz CT molecular complexity index is 597. The molecule has 2 saturated heterocycles. The van der Waals surface area contributed by atoms with Crippen LogP contribution in [0.5, 0.6) is 11.5 Å². The van der Waals surface area contributed by atoms with Crippen LogP contribution < -0.4 is 9.47 Å². The summed E-state index contributed by atoms with van der Waals surface area (Å²) in [6.45, 7) is 6.93. The van der Waals surface area contributed by atoms with E-state index in [0.717, 1.165) is 57.0 Å². The summed E-state index contributed by atoms with van der Waals surface area (Å²) < 4.78 is 17.1. The number of nitrogens with zero attached hydrogens (tertiary/aromatic N) is 1. The van der Waals surface area contributed by atoms with E-state index in [2.05, 4.69) is 11.8 Å². The number of aliphatic hydroxyl groups is 1. The Kier molecular flexibility index (Phi) is 6.10. The van der Waals surface area contributed by atoms with E-state index < -0.39 is 0 Å². The minimum Gasteiger partial charge on any atom is -0.493 e. The average molecular weight is 370 g/mol. The summed E-state index contributed by atoms with van der Waals surface area (Å²) in [4.78, 5) is 2.37. The van der Waals surface area contributed by atoms with E-state index in [1.807, 2.05) is 6.07 Å². The molecule has 3 rings (SSSR count). The number of hydrogen-bond acceptors (Lipinski definition) is 5. The van der Waals surface area contributed by atoms with Crippen LogP contribution >= 0.6 is 11.6 Å². The number of fused-ring (bicyclic) bond motifs is 1. The van der Waals surface area contributed by atoms with Gasteiger partial charge in [0, 0.05) is 54.2 Å². The number of ether oxygens (including phenoxy) is 3. The molecule has 2 aliphatic rings. The molecule has 0 spiro atoms. The van der Waals surface area contributed by atoms with Crippen LogP contribution in [0.25, 0.3) is 0 Å². The Morgan fingerprint density at radius 2 is 2.28 bits per heavy atom. The van der Waals surface area contributed by atoms with Crippen molar-refractivity contribution in [3.05, 3.63) is 22.7 Å². The molecule has 0 bridgehead atoms. The predicted molar refractivity (Wildman–Crippen MR) is 97.5 cm³/mol. The Hall–Kier alpha value is -1.01. The third-order valence-electron chi connectivity index (χ3n) is 5.42. The van der Waals surface area contributed by atoms with Gasteiger partial charge in [0.2, 0.25) is 0 Å².